The average Bonchev–Trinajstić information content (AvgIpc) is 3.02. The van der Waals surface area contributed by atoms with Gasteiger partial charge in [0, 0.05) is 12.1 Å². The first-order valence-corrected chi connectivity index (χ1v) is 7.99. The smallest absolute Gasteiger partial charge is 0.317 e. The summed E-state index contributed by atoms with van der Waals surface area (Å²) >= 11 is 0. The average molecular weight is 329 g/mol. The molecule has 3 heterocycles. The zero-order valence-electron chi connectivity index (χ0n) is 11.7. The van der Waals surface area contributed by atoms with Crippen molar-refractivity contribution < 1.29 is 23.8 Å². The second-order valence-electron chi connectivity index (χ2n) is 5.15. The van der Waals surface area contributed by atoms with Crippen molar-refractivity contribution in [2.45, 2.75) is 25.4 Å². The number of H-pyrrole nitrogens is 1. The Balaban J connectivity index is 2.05. The molecule has 1 saturated heterocycles. The lowest BCUT2D eigenvalue weighted by atomic mass is 10.0. The van der Waals surface area contributed by atoms with Gasteiger partial charge in [-0.15, -0.1) is 0 Å². The van der Waals surface area contributed by atoms with Crippen molar-refractivity contribution in [3.63, 3.8) is 0 Å². The van der Waals surface area contributed by atoms with Gasteiger partial charge in [0.05, 0.1) is 24.6 Å². The third kappa shape index (κ3) is 2.51. The molecule has 0 bridgehead atoms. The van der Waals surface area contributed by atoms with Crippen LogP contribution in [0.25, 0.3) is 11.0 Å². The summed E-state index contributed by atoms with van der Waals surface area (Å²) in [5.74, 6) is -0.296. The van der Waals surface area contributed by atoms with Crippen LogP contribution in [-0.4, -0.2) is 43.3 Å². The number of ether oxygens (including phenoxy) is 1. The highest BCUT2D eigenvalue weighted by atomic mass is 31.1. The Labute approximate surface area is 125 Å². The van der Waals surface area contributed by atoms with Gasteiger partial charge in [0.2, 0.25) is 0 Å². The molecule has 2 aromatic rings. The van der Waals surface area contributed by atoms with Gasteiger partial charge in [-0.2, -0.15) is 0 Å². The van der Waals surface area contributed by atoms with Crippen LogP contribution in [0.2, 0.25) is 0 Å². The molecule has 1 aliphatic heterocycles. The molecule has 120 valence electrons. The standard InChI is InChI=1S/C12H16N3O6P/c1-6-8(4-16)20-12(10(6)21-22(18)19)15-5-14-9-7(15)2-3-13-11(9)17/h2-3,5-6,8,10,12,16,22H,4H2,1H3,(H,13,17)(H,18,19)/t6-,8-,10-,12-/m1/s1. The number of aliphatic hydroxyl groups excluding tert-OH is 1. The van der Waals surface area contributed by atoms with Crippen molar-refractivity contribution in [1.82, 2.24) is 14.5 Å². The van der Waals surface area contributed by atoms with E-state index in [0.717, 1.165) is 0 Å². The van der Waals surface area contributed by atoms with E-state index in [2.05, 4.69) is 9.97 Å². The quantitative estimate of drug-likeness (QED) is 0.675. The molecular weight excluding hydrogens is 313 g/mol. The van der Waals surface area contributed by atoms with Crippen LogP contribution in [0.5, 0.6) is 0 Å². The summed E-state index contributed by atoms with van der Waals surface area (Å²) in [6.07, 6.45) is 0.887. The molecule has 2 aromatic heterocycles. The number of rotatable bonds is 4. The molecule has 0 amide bonds. The summed E-state index contributed by atoms with van der Waals surface area (Å²) in [7, 11) is -3.18. The topological polar surface area (TPSA) is 127 Å². The van der Waals surface area contributed by atoms with Crippen molar-refractivity contribution in [2.24, 2.45) is 5.92 Å². The van der Waals surface area contributed by atoms with E-state index >= 15 is 0 Å². The molecule has 1 unspecified atom stereocenters. The van der Waals surface area contributed by atoms with Crippen LogP contribution in [0.15, 0.2) is 23.4 Å². The largest absolute Gasteiger partial charge is 0.394 e. The van der Waals surface area contributed by atoms with Crippen molar-refractivity contribution in [3.8, 4) is 0 Å². The number of hydrogen-bond donors (Lipinski definition) is 3. The molecule has 22 heavy (non-hydrogen) atoms. The number of nitrogens with zero attached hydrogens (tertiary/aromatic N) is 2. The first-order chi connectivity index (χ1) is 10.5. The summed E-state index contributed by atoms with van der Waals surface area (Å²) in [6.45, 7) is 1.53. The number of hydrogen-bond acceptors (Lipinski definition) is 6. The summed E-state index contributed by atoms with van der Waals surface area (Å²) in [6, 6.07) is 1.66. The second-order valence-corrected chi connectivity index (χ2v) is 5.92. The van der Waals surface area contributed by atoms with Crippen molar-refractivity contribution in [1.29, 1.82) is 0 Å². The Morgan fingerprint density at radius 3 is 3.05 bits per heavy atom. The first-order valence-electron chi connectivity index (χ1n) is 6.73. The lowest BCUT2D eigenvalue weighted by Crippen LogP contribution is -2.26. The van der Waals surface area contributed by atoms with Gasteiger partial charge in [0.25, 0.3) is 5.56 Å². The maximum absolute atomic E-state index is 11.7. The van der Waals surface area contributed by atoms with Crippen molar-refractivity contribution in [3.05, 3.63) is 28.9 Å². The summed E-state index contributed by atoms with van der Waals surface area (Å²) in [5, 5.41) is 9.37. The van der Waals surface area contributed by atoms with Gasteiger partial charge in [-0.05, 0) is 6.07 Å². The molecule has 0 spiro atoms. The monoisotopic (exact) mass is 329 g/mol. The summed E-state index contributed by atoms with van der Waals surface area (Å²) < 4.78 is 23.5. The zero-order valence-corrected chi connectivity index (χ0v) is 12.7. The maximum atomic E-state index is 11.7. The van der Waals surface area contributed by atoms with Crippen LogP contribution in [0.1, 0.15) is 13.2 Å². The number of aromatic amines is 1. The van der Waals surface area contributed by atoms with E-state index in [1.807, 2.05) is 0 Å². The van der Waals surface area contributed by atoms with E-state index in [1.165, 1.54) is 12.5 Å². The third-order valence-corrected chi connectivity index (χ3v) is 4.37. The van der Waals surface area contributed by atoms with E-state index in [-0.39, 0.29) is 23.6 Å². The van der Waals surface area contributed by atoms with Gasteiger partial charge in [-0.1, -0.05) is 6.92 Å². The lowest BCUT2D eigenvalue weighted by Gasteiger charge is -2.21. The molecule has 0 aliphatic carbocycles. The summed E-state index contributed by atoms with van der Waals surface area (Å²) in [5.41, 5.74) is 0.418. The van der Waals surface area contributed by atoms with E-state index in [4.69, 9.17) is 14.2 Å². The Bertz CT molecular complexity index is 759. The number of fused-ring (bicyclic) bond motifs is 1. The number of aliphatic hydroxyl groups is 1. The van der Waals surface area contributed by atoms with Gasteiger partial charge >= 0.3 is 8.25 Å². The number of aromatic nitrogens is 3. The molecule has 9 nitrogen and oxygen atoms in total. The Kier molecular flexibility index (Phi) is 4.16. The van der Waals surface area contributed by atoms with Crippen molar-refractivity contribution in [2.75, 3.05) is 6.61 Å². The summed E-state index contributed by atoms with van der Waals surface area (Å²) in [4.78, 5) is 27.4. The Hall–Kier alpha value is -1.51. The van der Waals surface area contributed by atoms with Gasteiger partial charge in [0.1, 0.15) is 6.10 Å². The van der Waals surface area contributed by atoms with Gasteiger partial charge in [-0.25, -0.2) is 4.98 Å². The molecule has 0 aromatic carbocycles. The third-order valence-electron chi connectivity index (χ3n) is 3.89. The first kappa shape index (κ1) is 15.4. The highest BCUT2D eigenvalue weighted by Crippen LogP contribution is 2.40. The number of pyridine rings is 1. The normalized spacial score (nSPS) is 30.0. The molecule has 10 heteroatoms. The molecule has 5 atom stereocenters. The van der Waals surface area contributed by atoms with E-state index in [0.29, 0.717) is 5.52 Å². The van der Waals surface area contributed by atoms with Gasteiger partial charge in [0.15, 0.2) is 11.7 Å². The molecule has 1 fully saturated rings. The van der Waals surface area contributed by atoms with Crippen LogP contribution in [0, 0.1) is 5.92 Å². The van der Waals surface area contributed by atoms with Crippen molar-refractivity contribution >= 4 is 19.3 Å². The van der Waals surface area contributed by atoms with Crippen LogP contribution >= 0.6 is 8.25 Å². The van der Waals surface area contributed by atoms with Gasteiger partial charge in [-0.3, -0.25) is 9.36 Å². The highest BCUT2D eigenvalue weighted by Gasteiger charge is 2.44. The molecule has 0 radical (unpaired) electrons. The Morgan fingerprint density at radius 1 is 1.59 bits per heavy atom. The highest BCUT2D eigenvalue weighted by molar-refractivity contribution is 7.32. The second kappa shape index (κ2) is 5.94. The minimum Gasteiger partial charge on any atom is -0.394 e. The number of nitrogens with one attached hydrogen (secondary N) is 1. The Morgan fingerprint density at radius 2 is 2.36 bits per heavy atom. The van der Waals surface area contributed by atoms with Crippen LogP contribution in [-0.2, 0) is 13.8 Å². The zero-order chi connectivity index (χ0) is 15.9. The molecule has 1 aliphatic rings. The predicted octanol–water partition coefficient (Wildman–Crippen LogP) is 0.0176. The fourth-order valence-electron chi connectivity index (χ4n) is 2.74. The molecule has 3 N–H and O–H groups in total. The van der Waals surface area contributed by atoms with Crippen LogP contribution < -0.4 is 5.56 Å². The molecule has 0 saturated carbocycles. The number of imidazole rings is 1. The van der Waals surface area contributed by atoms with E-state index in [1.54, 1.807) is 17.6 Å². The minimum absolute atomic E-state index is 0.238. The SMILES string of the molecule is C[C@H]1[C@@H](O[PH](=O)O)[C@H](n2cnc3c(=O)[nH]ccc32)O[C@@H]1CO. The van der Waals surface area contributed by atoms with Crippen LogP contribution in [0.4, 0.5) is 0 Å². The van der Waals surface area contributed by atoms with E-state index < -0.39 is 26.7 Å². The maximum Gasteiger partial charge on any atom is 0.317 e. The molecule has 3 rings (SSSR count). The van der Waals surface area contributed by atoms with Crippen LogP contribution in [0.3, 0.4) is 0 Å². The van der Waals surface area contributed by atoms with Gasteiger partial charge < -0.3 is 28.8 Å². The fourth-order valence-corrected chi connectivity index (χ4v) is 3.31. The molecular formula is C12H16N3O6P. The van der Waals surface area contributed by atoms with E-state index in [9.17, 15) is 14.5 Å². The predicted molar refractivity (Wildman–Crippen MR) is 76.6 cm³/mol. The minimum atomic E-state index is -3.18. The lowest BCUT2D eigenvalue weighted by molar-refractivity contribution is -0.0448. The fraction of sp³-hybridized carbons (Fsp3) is 0.500.